The molecule has 0 bridgehead atoms. The third-order valence-electron chi connectivity index (χ3n) is 2.70. The minimum Gasteiger partial charge on any atom is -0.472 e. The third kappa shape index (κ3) is 3.16. The van der Waals surface area contributed by atoms with Crippen molar-refractivity contribution in [1.29, 1.82) is 0 Å². The number of rotatable bonds is 6. The summed E-state index contributed by atoms with van der Waals surface area (Å²) in [5, 5.41) is 10.4. The fraction of sp³-hybridized carbons (Fsp3) is 0.231. The molecule has 2 N–H and O–H groups in total. The maximum atomic E-state index is 5.03. The Kier molecular flexibility index (Phi) is 3.77. The second-order valence-corrected chi connectivity index (χ2v) is 4.25. The van der Waals surface area contributed by atoms with E-state index in [9.17, 15) is 0 Å². The number of furan rings is 1. The van der Waals surface area contributed by atoms with Crippen molar-refractivity contribution >= 4 is 11.9 Å². The zero-order chi connectivity index (χ0) is 14.5. The van der Waals surface area contributed by atoms with Crippen LogP contribution in [0.25, 0.3) is 5.95 Å². The number of hydrogen-bond acceptors (Lipinski definition) is 7. The van der Waals surface area contributed by atoms with E-state index in [1.807, 2.05) is 19.1 Å². The molecular formula is C13H15N7O. The third-order valence-corrected chi connectivity index (χ3v) is 2.70. The van der Waals surface area contributed by atoms with E-state index in [4.69, 9.17) is 4.42 Å². The summed E-state index contributed by atoms with van der Waals surface area (Å²) in [6, 6.07) is 3.70. The summed E-state index contributed by atoms with van der Waals surface area (Å²) in [6.45, 7) is 3.28. The Hall–Kier alpha value is -2.90. The summed E-state index contributed by atoms with van der Waals surface area (Å²) < 4.78 is 6.62. The van der Waals surface area contributed by atoms with E-state index in [1.54, 1.807) is 29.6 Å². The number of aromatic nitrogens is 5. The van der Waals surface area contributed by atoms with Gasteiger partial charge in [0.2, 0.25) is 11.9 Å². The molecule has 3 rings (SSSR count). The molecule has 8 nitrogen and oxygen atoms in total. The van der Waals surface area contributed by atoms with Gasteiger partial charge in [0.25, 0.3) is 5.95 Å². The van der Waals surface area contributed by atoms with Crippen molar-refractivity contribution in [2.75, 3.05) is 17.2 Å². The molecular weight excluding hydrogens is 270 g/mol. The fourth-order valence-electron chi connectivity index (χ4n) is 1.74. The first-order valence-corrected chi connectivity index (χ1v) is 6.60. The van der Waals surface area contributed by atoms with Crippen LogP contribution in [-0.2, 0) is 6.54 Å². The van der Waals surface area contributed by atoms with Crippen molar-refractivity contribution in [2.24, 2.45) is 0 Å². The second kappa shape index (κ2) is 6.04. The minimum absolute atomic E-state index is 0.459. The van der Waals surface area contributed by atoms with Gasteiger partial charge in [-0.2, -0.15) is 20.1 Å². The fourth-order valence-corrected chi connectivity index (χ4v) is 1.74. The van der Waals surface area contributed by atoms with Crippen LogP contribution in [0, 0.1) is 0 Å². The zero-order valence-corrected chi connectivity index (χ0v) is 11.5. The van der Waals surface area contributed by atoms with Gasteiger partial charge >= 0.3 is 0 Å². The molecule has 0 unspecified atom stereocenters. The van der Waals surface area contributed by atoms with Crippen LogP contribution in [0.15, 0.2) is 41.5 Å². The van der Waals surface area contributed by atoms with Gasteiger partial charge in [-0.1, -0.05) is 0 Å². The summed E-state index contributed by atoms with van der Waals surface area (Å²) in [7, 11) is 0. The van der Waals surface area contributed by atoms with Gasteiger partial charge in [-0.15, -0.1) is 0 Å². The molecule has 3 heterocycles. The van der Waals surface area contributed by atoms with Gasteiger partial charge in [-0.3, -0.25) is 0 Å². The maximum Gasteiger partial charge on any atom is 0.257 e. The van der Waals surface area contributed by atoms with E-state index in [2.05, 4.69) is 30.7 Å². The Balaban J connectivity index is 1.84. The molecule has 0 aliphatic carbocycles. The largest absolute Gasteiger partial charge is 0.472 e. The number of nitrogens with zero attached hydrogens (tertiary/aromatic N) is 5. The van der Waals surface area contributed by atoms with E-state index in [1.165, 1.54) is 0 Å². The van der Waals surface area contributed by atoms with E-state index >= 15 is 0 Å². The summed E-state index contributed by atoms with van der Waals surface area (Å²) >= 11 is 0. The van der Waals surface area contributed by atoms with E-state index in [0.29, 0.717) is 24.4 Å². The molecule has 3 aromatic heterocycles. The van der Waals surface area contributed by atoms with Crippen LogP contribution in [-0.4, -0.2) is 31.3 Å². The van der Waals surface area contributed by atoms with Crippen LogP contribution in [0.2, 0.25) is 0 Å². The van der Waals surface area contributed by atoms with Crippen LogP contribution in [0.5, 0.6) is 0 Å². The first-order chi connectivity index (χ1) is 10.3. The molecule has 0 saturated carbocycles. The van der Waals surface area contributed by atoms with E-state index in [-0.39, 0.29) is 0 Å². The molecule has 0 aliphatic rings. The summed E-state index contributed by atoms with van der Waals surface area (Å²) in [5.74, 6) is 1.45. The molecule has 0 atom stereocenters. The number of anilines is 2. The van der Waals surface area contributed by atoms with Crippen LogP contribution >= 0.6 is 0 Å². The maximum absolute atomic E-state index is 5.03. The predicted octanol–water partition coefficient (Wildman–Crippen LogP) is 1.69. The van der Waals surface area contributed by atoms with E-state index in [0.717, 1.165) is 12.1 Å². The van der Waals surface area contributed by atoms with Crippen molar-refractivity contribution in [3.63, 3.8) is 0 Å². The monoisotopic (exact) mass is 285 g/mol. The van der Waals surface area contributed by atoms with Crippen molar-refractivity contribution in [3.8, 4) is 5.95 Å². The normalized spacial score (nSPS) is 10.5. The predicted molar refractivity (Wildman–Crippen MR) is 77.1 cm³/mol. The number of hydrogen-bond donors (Lipinski definition) is 2. The quantitative estimate of drug-likeness (QED) is 0.711. The van der Waals surface area contributed by atoms with Crippen LogP contribution in [0.1, 0.15) is 12.5 Å². The molecule has 0 saturated heterocycles. The Labute approximate surface area is 121 Å². The molecule has 3 aromatic rings. The van der Waals surface area contributed by atoms with Gasteiger partial charge in [0, 0.05) is 31.0 Å². The highest BCUT2D eigenvalue weighted by molar-refractivity contribution is 5.38. The van der Waals surface area contributed by atoms with Crippen LogP contribution < -0.4 is 10.6 Å². The Morgan fingerprint density at radius 1 is 1.19 bits per heavy atom. The van der Waals surface area contributed by atoms with Gasteiger partial charge in [-0.25, -0.2) is 4.68 Å². The summed E-state index contributed by atoms with van der Waals surface area (Å²) in [6.07, 6.45) is 6.76. The number of nitrogens with one attached hydrogen (secondary N) is 2. The topological polar surface area (TPSA) is 93.7 Å². The molecule has 0 fully saturated rings. The van der Waals surface area contributed by atoms with E-state index < -0.39 is 0 Å². The Bertz CT molecular complexity index is 679. The highest BCUT2D eigenvalue weighted by Gasteiger charge is 2.08. The lowest BCUT2D eigenvalue weighted by Crippen LogP contribution is -2.12. The molecule has 108 valence electrons. The second-order valence-electron chi connectivity index (χ2n) is 4.25. The SMILES string of the molecule is CCNc1nc(NCc2ccoc2)nc(-n2cccn2)n1. The standard InChI is InChI=1S/C13H15N7O/c1-2-14-11-17-12(15-8-10-4-7-21-9-10)19-13(18-11)20-6-3-5-16-20/h3-7,9H,2,8H2,1H3,(H2,14,15,17,18,19). The highest BCUT2D eigenvalue weighted by atomic mass is 16.3. The van der Waals surface area contributed by atoms with Gasteiger partial charge in [0.15, 0.2) is 0 Å². The summed E-state index contributed by atoms with van der Waals surface area (Å²) in [5.41, 5.74) is 1.01. The zero-order valence-electron chi connectivity index (χ0n) is 11.5. The van der Waals surface area contributed by atoms with Crippen LogP contribution in [0.3, 0.4) is 0 Å². The summed E-state index contributed by atoms with van der Waals surface area (Å²) in [4.78, 5) is 13.0. The first kappa shape index (κ1) is 13.1. The molecule has 0 amide bonds. The molecule has 0 radical (unpaired) electrons. The average Bonchev–Trinajstić information content (AvgIpc) is 3.19. The molecule has 21 heavy (non-hydrogen) atoms. The average molecular weight is 285 g/mol. The lowest BCUT2D eigenvalue weighted by molar-refractivity contribution is 0.564. The molecule has 0 aliphatic heterocycles. The highest BCUT2D eigenvalue weighted by Crippen LogP contribution is 2.10. The smallest absolute Gasteiger partial charge is 0.257 e. The molecule has 0 aromatic carbocycles. The molecule has 0 spiro atoms. The van der Waals surface area contributed by atoms with Gasteiger partial charge in [0.1, 0.15) is 0 Å². The minimum atomic E-state index is 0.459. The van der Waals surface area contributed by atoms with Gasteiger partial charge in [-0.05, 0) is 19.1 Å². The van der Waals surface area contributed by atoms with Crippen molar-refractivity contribution in [1.82, 2.24) is 24.7 Å². The lowest BCUT2D eigenvalue weighted by Gasteiger charge is -2.08. The van der Waals surface area contributed by atoms with Crippen molar-refractivity contribution in [2.45, 2.75) is 13.5 Å². The van der Waals surface area contributed by atoms with Gasteiger partial charge in [0.05, 0.1) is 12.5 Å². The Morgan fingerprint density at radius 2 is 2.05 bits per heavy atom. The van der Waals surface area contributed by atoms with Crippen LogP contribution in [0.4, 0.5) is 11.9 Å². The van der Waals surface area contributed by atoms with Crippen molar-refractivity contribution < 1.29 is 4.42 Å². The Morgan fingerprint density at radius 3 is 2.71 bits per heavy atom. The molecule has 8 heteroatoms. The first-order valence-electron chi connectivity index (χ1n) is 6.60. The van der Waals surface area contributed by atoms with Crippen molar-refractivity contribution in [3.05, 3.63) is 42.6 Å². The van der Waals surface area contributed by atoms with Gasteiger partial charge < -0.3 is 15.1 Å². The lowest BCUT2D eigenvalue weighted by atomic mass is 10.3.